The Hall–Kier alpha value is -3.75. The molecule has 0 aliphatic carbocycles. The van der Waals surface area contributed by atoms with Crippen LogP contribution in [-0.4, -0.2) is 76.6 Å². The lowest BCUT2D eigenvalue weighted by molar-refractivity contribution is -0.145. The first-order valence-corrected chi connectivity index (χ1v) is 14.8. The molecule has 0 saturated carbocycles. The molecule has 0 aromatic heterocycles. The lowest BCUT2D eigenvalue weighted by Gasteiger charge is -2.37. The van der Waals surface area contributed by atoms with E-state index in [0.717, 1.165) is 22.4 Å². The molecule has 5 atom stereocenters. The summed E-state index contributed by atoms with van der Waals surface area (Å²) >= 11 is 0. The fourth-order valence-electron chi connectivity index (χ4n) is 7.19. The largest absolute Gasteiger partial charge is 0.396 e. The molecule has 222 valence electrons. The first-order valence-electron chi connectivity index (χ1n) is 14.8. The summed E-state index contributed by atoms with van der Waals surface area (Å²) in [6.07, 6.45) is 4.35. The van der Waals surface area contributed by atoms with E-state index in [2.05, 4.69) is 13.2 Å². The number of anilines is 1. The fraction of sp³-hybridized carbons (Fsp3) is 0.441. The molecule has 3 amide bonds. The van der Waals surface area contributed by atoms with Gasteiger partial charge < -0.3 is 24.5 Å². The van der Waals surface area contributed by atoms with Gasteiger partial charge in [0, 0.05) is 38.5 Å². The summed E-state index contributed by atoms with van der Waals surface area (Å²) in [5.41, 5.74) is 2.57. The number of carbonyl (C=O) groups is 3. The molecule has 2 unspecified atom stereocenters. The number of hydrogen-bond acceptors (Lipinski definition) is 5. The van der Waals surface area contributed by atoms with Crippen LogP contribution in [0, 0.1) is 25.7 Å². The third-order valence-corrected chi connectivity index (χ3v) is 8.99. The summed E-state index contributed by atoms with van der Waals surface area (Å²) < 4.78 is 6.66. The van der Waals surface area contributed by atoms with Crippen LogP contribution in [0.2, 0.25) is 0 Å². The topological polar surface area (TPSA) is 90.4 Å². The highest BCUT2D eigenvalue weighted by Gasteiger charge is 2.74. The molecule has 2 aromatic rings. The number of amides is 3. The zero-order valence-electron chi connectivity index (χ0n) is 24.6. The van der Waals surface area contributed by atoms with Crippen LogP contribution in [-0.2, 0) is 25.7 Å². The molecule has 3 heterocycles. The van der Waals surface area contributed by atoms with Gasteiger partial charge in [-0.15, -0.1) is 13.2 Å². The minimum Gasteiger partial charge on any atom is -0.396 e. The second-order valence-electron chi connectivity index (χ2n) is 11.7. The third kappa shape index (κ3) is 5.07. The quantitative estimate of drug-likeness (QED) is 0.392. The summed E-state index contributed by atoms with van der Waals surface area (Å²) in [7, 11) is 0. The van der Waals surface area contributed by atoms with E-state index in [9.17, 15) is 19.5 Å². The van der Waals surface area contributed by atoms with Gasteiger partial charge in [-0.3, -0.25) is 14.4 Å². The average molecular weight is 572 g/mol. The van der Waals surface area contributed by atoms with Gasteiger partial charge in [-0.05, 0) is 55.9 Å². The lowest BCUT2D eigenvalue weighted by Crippen LogP contribution is -2.56. The Kier molecular flexibility index (Phi) is 8.66. The molecule has 3 aliphatic rings. The number of likely N-dealkylation sites (tertiary alicyclic amines) is 1. The SMILES string of the molecule is C=CCN(Cc1ccccc1)C(=O)[C@@H]1[C@H]2C(=O)N(CCCO)C(C(=O)N(CC=C)c3cc(C)ccc3C)C23CC[C@H]1O3. The van der Waals surface area contributed by atoms with Gasteiger partial charge in [0.15, 0.2) is 0 Å². The molecule has 1 spiro atoms. The molecule has 42 heavy (non-hydrogen) atoms. The summed E-state index contributed by atoms with van der Waals surface area (Å²) in [6, 6.07) is 14.8. The third-order valence-electron chi connectivity index (χ3n) is 8.99. The highest BCUT2D eigenvalue weighted by molar-refractivity contribution is 6.05. The fourth-order valence-corrected chi connectivity index (χ4v) is 7.19. The number of benzene rings is 2. The standard InChI is InChI=1S/C34H41N3O5/c1-5-17-35(22-25-11-8-7-9-12-25)31(39)28-27-15-16-34(42-27)29(28)32(40)37(19-10-20-38)30(34)33(41)36(18-6-2)26-21-23(3)13-14-24(26)4/h5-9,11-14,21,27-30,38H,1-2,10,15-20,22H2,3-4H3/t27-,28+,29+,30?,34?/m1/s1. The molecule has 0 radical (unpaired) electrons. The van der Waals surface area contributed by atoms with Gasteiger partial charge in [0.1, 0.15) is 11.6 Å². The lowest BCUT2D eigenvalue weighted by atomic mass is 9.70. The van der Waals surface area contributed by atoms with E-state index in [4.69, 9.17) is 4.74 Å². The average Bonchev–Trinajstić information content (AvgIpc) is 3.63. The predicted octanol–water partition coefficient (Wildman–Crippen LogP) is 3.79. The number of nitrogens with zero attached hydrogens (tertiary/aromatic N) is 3. The highest BCUT2D eigenvalue weighted by Crippen LogP contribution is 2.59. The maximum absolute atomic E-state index is 14.6. The highest BCUT2D eigenvalue weighted by atomic mass is 16.5. The molecule has 2 bridgehead atoms. The number of ether oxygens (including phenoxy) is 1. The molecule has 3 aliphatic heterocycles. The predicted molar refractivity (Wildman–Crippen MR) is 162 cm³/mol. The van der Waals surface area contributed by atoms with Gasteiger partial charge in [0.25, 0.3) is 5.91 Å². The molecule has 8 nitrogen and oxygen atoms in total. The van der Waals surface area contributed by atoms with E-state index in [1.54, 1.807) is 26.9 Å². The van der Waals surface area contributed by atoms with Gasteiger partial charge >= 0.3 is 0 Å². The number of aliphatic hydroxyl groups excluding tert-OH is 1. The molecule has 3 fully saturated rings. The van der Waals surface area contributed by atoms with Crippen molar-refractivity contribution in [3.05, 3.63) is 90.5 Å². The van der Waals surface area contributed by atoms with Gasteiger partial charge in [-0.25, -0.2) is 0 Å². The molecule has 5 rings (SSSR count). The second-order valence-corrected chi connectivity index (χ2v) is 11.7. The van der Waals surface area contributed by atoms with Crippen molar-refractivity contribution in [1.82, 2.24) is 9.80 Å². The summed E-state index contributed by atoms with van der Waals surface area (Å²) in [6.45, 7) is 12.7. The Balaban J connectivity index is 1.53. The molecule has 1 N–H and O–H groups in total. The zero-order chi connectivity index (χ0) is 30.0. The molecular formula is C34H41N3O5. The van der Waals surface area contributed by atoms with E-state index in [1.807, 2.05) is 62.4 Å². The van der Waals surface area contributed by atoms with Crippen molar-refractivity contribution in [3.63, 3.8) is 0 Å². The zero-order valence-corrected chi connectivity index (χ0v) is 24.6. The summed E-state index contributed by atoms with van der Waals surface area (Å²) in [5.74, 6) is -2.13. The van der Waals surface area contributed by atoms with Crippen molar-refractivity contribution in [3.8, 4) is 0 Å². The normalized spacial score (nSPS) is 25.8. The van der Waals surface area contributed by atoms with Gasteiger partial charge in [0.05, 0.1) is 17.9 Å². The van der Waals surface area contributed by atoms with Crippen LogP contribution in [0.5, 0.6) is 0 Å². The number of fused-ring (bicyclic) bond motifs is 1. The molecule has 8 heteroatoms. The van der Waals surface area contributed by atoms with Crippen molar-refractivity contribution in [2.24, 2.45) is 11.8 Å². The number of hydrogen-bond donors (Lipinski definition) is 1. The Morgan fingerprint density at radius 1 is 1.10 bits per heavy atom. The summed E-state index contributed by atoms with van der Waals surface area (Å²) in [4.78, 5) is 48.1. The molecule has 2 aromatic carbocycles. The monoisotopic (exact) mass is 571 g/mol. The number of carbonyl (C=O) groups excluding carboxylic acids is 3. The molecular weight excluding hydrogens is 530 g/mol. The number of rotatable bonds is 12. The van der Waals surface area contributed by atoms with E-state index in [-0.39, 0.29) is 37.4 Å². The summed E-state index contributed by atoms with van der Waals surface area (Å²) in [5, 5.41) is 9.67. The first-order chi connectivity index (χ1) is 20.3. The van der Waals surface area contributed by atoms with Crippen LogP contribution in [0.4, 0.5) is 5.69 Å². The van der Waals surface area contributed by atoms with Crippen molar-refractivity contribution in [2.45, 2.75) is 57.4 Å². The van der Waals surface area contributed by atoms with Gasteiger partial charge in [0.2, 0.25) is 11.8 Å². The van der Waals surface area contributed by atoms with Crippen molar-refractivity contribution < 1.29 is 24.2 Å². The van der Waals surface area contributed by atoms with Crippen LogP contribution in [0.15, 0.2) is 73.8 Å². The van der Waals surface area contributed by atoms with Crippen molar-refractivity contribution >= 4 is 23.4 Å². The van der Waals surface area contributed by atoms with E-state index >= 15 is 0 Å². The number of aryl methyl sites for hydroxylation is 2. The van der Waals surface area contributed by atoms with Crippen LogP contribution in [0.25, 0.3) is 0 Å². The van der Waals surface area contributed by atoms with Crippen molar-refractivity contribution in [2.75, 3.05) is 31.1 Å². The smallest absolute Gasteiger partial charge is 0.253 e. The van der Waals surface area contributed by atoms with E-state index in [0.29, 0.717) is 32.4 Å². The van der Waals surface area contributed by atoms with Crippen molar-refractivity contribution in [1.29, 1.82) is 0 Å². The minimum atomic E-state index is -1.11. The van der Waals surface area contributed by atoms with Crippen LogP contribution < -0.4 is 4.90 Å². The van der Waals surface area contributed by atoms with Gasteiger partial charge in [-0.1, -0.05) is 54.6 Å². The minimum absolute atomic E-state index is 0.119. The van der Waals surface area contributed by atoms with Crippen LogP contribution in [0.3, 0.4) is 0 Å². The Labute approximate surface area is 248 Å². The Morgan fingerprint density at radius 3 is 2.52 bits per heavy atom. The van der Waals surface area contributed by atoms with Crippen LogP contribution >= 0.6 is 0 Å². The van der Waals surface area contributed by atoms with E-state index < -0.39 is 29.6 Å². The Bertz CT molecular complexity index is 1360. The Morgan fingerprint density at radius 2 is 1.83 bits per heavy atom. The maximum Gasteiger partial charge on any atom is 0.253 e. The van der Waals surface area contributed by atoms with E-state index in [1.165, 1.54) is 0 Å². The maximum atomic E-state index is 14.6. The number of aliphatic hydroxyl groups is 1. The van der Waals surface area contributed by atoms with Gasteiger partial charge in [-0.2, -0.15) is 0 Å². The first kappa shape index (κ1) is 29.7. The molecule has 3 saturated heterocycles. The van der Waals surface area contributed by atoms with Crippen LogP contribution in [0.1, 0.15) is 36.0 Å². The second kappa shape index (κ2) is 12.2.